The molecule has 22 heavy (non-hydrogen) atoms. The number of carboxylic acids is 1. The van der Waals surface area contributed by atoms with Gasteiger partial charge in [0.15, 0.2) is 0 Å². The highest BCUT2D eigenvalue weighted by Gasteiger charge is 2.42. The summed E-state index contributed by atoms with van der Waals surface area (Å²) in [5.74, 6) is -0.842. The van der Waals surface area contributed by atoms with Crippen molar-refractivity contribution in [3.8, 4) is 0 Å². The van der Waals surface area contributed by atoms with E-state index in [1.807, 2.05) is 18.2 Å². The van der Waals surface area contributed by atoms with E-state index >= 15 is 0 Å². The predicted octanol–water partition coefficient (Wildman–Crippen LogP) is 3.14. The molecule has 1 aromatic rings. The SMILES string of the molecule is CCc1cccc(CC)c1NC(=O)N1CCC(C)(C(=O)O)C1. The van der Waals surface area contributed by atoms with Crippen LogP contribution in [0, 0.1) is 5.41 Å². The highest BCUT2D eigenvalue weighted by atomic mass is 16.4. The number of aliphatic carboxylic acids is 1. The first-order valence-electron chi connectivity index (χ1n) is 7.81. The van der Waals surface area contributed by atoms with Gasteiger partial charge in [0.25, 0.3) is 0 Å². The van der Waals surface area contributed by atoms with E-state index in [2.05, 4.69) is 19.2 Å². The third kappa shape index (κ3) is 3.08. The molecule has 5 nitrogen and oxygen atoms in total. The van der Waals surface area contributed by atoms with Crippen molar-refractivity contribution < 1.29 is 14.7 Å². The summed E-state index contributed by atoms with van der Waals surface area (Å²) < 4.78 is 0. The van der Waals surface area contributed by atoms with Gasteiger partial charge in [-0.3, -0.25) is 4.79 Å². The molecule has 2 rings (SSSR count). The van der Waals surface area contributed by atoms with Crippen molar-refractivity contribution in [2.24, 2.45) is 5.41 Å². The first kappa shape index (κ1) is 16.3. The Bertz CT molecular complexity index is 563. The van der Waals surface area contributed by atoms with Gasteiger partial charge in [-0.1, -0.05) is 32.0 Å². The van der Waals surface area contributed by atoms with Crippen LogP contribution in [0.2, 0.25) is 0 Å². The third-order valence-electron chi connectivity index (χ3n) is 4.51. The summed E-state index contributed by atoms with van der Waals surface area (Å²) in [7, 11) is 0. The minimum atomic E-state index is -0.842. The molecule has 2 N–H and O–H groups in total. The number of anilines is 1. The molecule has 1 unspecified atom stereocenters. The quantitative estimate of drug-likeness (QED) is 0.898. The van der Waals surface area contributed by atoms with Crippen molar-refractivity contribution >= 4 is 17.7 Å². The van der Waals surface area contributed by atoms with Crippen LogP contribution in [-0.2, 0) is 17.6 Å². The van der Waals surface area contributed by atoms with Crippen LogP contribution in [-0.4, -0.2) is 35.1 Å². The lowest BCUT2D eigenvalue weighted by atomic mass is 9.90. The molecule has 0 aromatic heterocycles. The number of para-hydroxylation sites is 1. The minimum Gasteiger partial charge on any atom is -0.481 e. The van der Waals surface area contributed by atoms with E-state index in [1.165, 1.54) is 0 Å². The second kappa shape index (κ2) is 6.38. The number of aryl methyl sites for hydroxylation is 2. The number of likely N-dealkylation sites (tertiary alicyclic amines) is 1. The number of rotatable bonds is 4. The van der Waals surface area contributed by atoms with E-state index in [-0.39, 0.29) is 12.6 Å². The summed E-state index contributed by atoms with van der Waals surface area (Å²) in [6.45, 7) is 6.54. The molecule has 0 aliphatic carbocycles. The van der Waals surface area contributed by atoms with Crippen molar-refractivity contribution in [2.45, 2.75) is 40.0 Å². The molecule has 1 heterocycles. The second-order valence-electron chi connectivity index (χ2n) is 6.13. The van der Waals surface area contributed by atoms with E-state index in [0.29, 0.717) is 13.0 Å². The summed E-state index contributed by atoms with van der Waals surface area (Å²) >= 11 is 0. The van der Waals surface area contributed by atoms with Gasteiger partial charge >= 0.3 is 12.0 Å². The van der Waals surface area contributed by atoms with Gasteiger partial charge in [0.05, 0.1) is 5.41 Å². The molecule has 120 valence electrons. The maximum absolute atomic E-state index is 12.5. The minimum absolute atomic E-state index is 0.208. The summed E-state index contributed by atoms with van der Waals surface area (Å²) in [5, 5.41) is 12.3. The summed E-state index contributed by atoms with van der Waals surface area (Å²) in [5.41, 5.74) is 2.25. The number of amides is 2. The maximum atomic E-state index is 12.5. The van der Waals surface area contributed by atoms with Crippen LogP contribution in [0.4, 0.5) is 10.5 Å². The van der Waals surface area contributed by atoms with Crippen molar-refractivity contribution in [3.05, 3.63) is 29.3 Å². The fraction of sp³-hybridized carbons (Fsp3) is 0.529. The monoisotopic (exact) mass is 304 g/mol. The van der Waals surface area contributed by atoms with Gasteiger partial charge in [-0.2, -0.15) is 0 Å². The summed E-state index contributed by atoms with van der Waals surface area (Å²) in [6, 6.07) is 5.82. The van der Waals surface area contributed by atoms with Crippen LogP contribution in [0.1, 0.15) is 38.3 Å². The lowest BCUT2D eigenvalue weighted by molar-refractivity contribution is -0.146. The van der Waals surface area contributed by atoms with Crippen molar-refractivity contribution in [1.29, 1.82) is 0 Å². The molecule has 1 aliphatic rings. The highest BCUT2D eigenvalue weighted by Crippen LogP contribution is 2.31. The number of benzene rings is 1. The summed E-state index contributed by atoms with van der Waals surface area (Å²) in [6.07, 6.45) is 2.18. The van der Waals surface area contributed by atoms with Gasteiger partial charge < -0.3 is 15.3 Å². The Morgan fingerprint density at radius 3 is 2.32 bits per heavy atom. The zero-order chi connectivity index (χ0) is 16.3. The Kier molecular flexibility index (Phi) is 4.74. The maximum Gasteiger partial charge on any atom is 0.321 e. The molecular formula is C17H24N2O3. The normalized spacial score (nSPS) is 21.0. The van der Waals surface area contributed by atoms with Gasteiger partial charge in [0.2, 0.25) is 0 Å². The number of nitrogens with one attached hydrogen (secondary N) is 1. The molecule has 0 spiro atoms. The summed E-state index contributed by atoms with van der Waals surface area (Å²) in [4.78, 5) is 25.4. The Hall–Kier alpha value is -2.04. The van der Waals surface area contributed by atoms with E-state index in [1.54, 1.807) is 11.8 Å². The Morgan fingerprint density at radius 1 is 1.27 bits per heavy atom. The third-order valence-corrected chi connectivity index (χ3v) is 4.51. The van der Waals surface area contributed by atoms with Gasteiger partial charge in [-0.05, 0) is 37.3 Å². The average Bonchev–Trinajstić information content (AvgIpc) is 2.91. The molecule has 1 fully saturated rings. The average molecular weight is 304 g/mol. The van der Waals surface area contributed by atoms with E-state index in [0.717, 1.165) is 29.7 Å². The second-order valence-corrected chi connectivity index (χ2v) is 6.13. The molecule has 1 saturated heterocycles. The predicted molar refractivity (Wildman–Crippen MR) is 86.1 cm³/mol. The van der Waals surface area contributed by atoms with Crippen LogP contribution in [0.15, 0.2) is 18.2 Å². The largest absolute Gasteiger partial charge is 0.481 e. The molecule has 2 amide bonds. The van der Waals surface area contributed by atoms with Crippen LogP contribution in [0.3, 0.4) is 0 Å². The molecule has 0 radical (unpaired) electrons. The van der Waals surface area contributed by atoms with E-state index in [4.69, 9.17) is 0 Å². The molecule has 1 aliphatic heterocycles. The molecule has 5 heteroatoms. The number of carbonyl (C=O) groups excluding carboxylic acids is 1. The lowest BCUT2D eigenvalue weighted by Gasteiger charge is -2.22. The van der Waals surface area contributed by atoms with E-state index in [9.17, 15) is 14.7 Å². The number of carboxylic acid groups (broad SMARTS) is 1. The van der Waals surface area contributed by atoms with Crippen LogP contribution in [0.5, 0.6) is 0 Å². The first-order chi connectivity index (χ1) is 10.4. The van der Waals surface area contributed by atoms with Crippen molar-refractivity contribution in [1.82, 2.24) is 4.90 Å². The standard InChI is InChI=1S/C17H24N2O3/c1-4-12-7-6-8-13(5-2)14(12)18-16(22)19-10-9-17(3,11-19)15(20)21/h6-8H,4-5,9-11H2,1-3H3,(H,18,22)(H,20,21). The van der Waals surface area contributed by atoms with Gasteiger partial charge in [-0.15, -0.1) is 0 Å². The molecular weight excluding hydrogens is 280 g/mol. The van der Waals surface area contributed by atoms with Gasteiger partial charge in [-0.25, -0.2) is 4.79 Å². The van der Waals surface area contributed by atoms with Gasteiger partial charge in [0, 0.05) is 18.8 Å². The molecule has 1 atom stereocenters. The highest BCUT2D eigenvalue weighted by molar-refractivity contribution is 5.92. The zero-order valence-corrected chi connectivity index (χ0v) is 13.5. The van der Waals surface area contributed by atoms with Crippen molar-refractivity contribution in [2.75, 3.05) is 18.4 Å². The lowest BCUT2D eigenvalue weighted by Crippen LogP contribution is -2.37. The number of urea groups is 1. The smallest absolute Gasteiger partial charge is 0.321 e. The first-order valence-corrected chi connectivity index (χ1v) is 7.81. The topological polar surface area (TPSA) is 69.6 Å². The van der Waals surface area contributed by atoms with Crippen LogP contribution < -0.4 is 5.32 Å². The molecule has 0 bridgehead atoms. The molecule has 1 aromatic carbocycles. The fourth-order valence-electron chi connectivity index (χ4n) is 2.90. The zero-order valence-electron chi connectivity index (χ0n) is 13.5. The van der Waals surface area contributed by atoms with Crippen LogP contribution in [0.25, 0.3) is 0 Å². The van der Waals surface area contributed by atoms with Crippen LogP contribution >= 0.6 is 0 Å². The Balaban J connectivity index is 2.15. The number of hydrogen-bond acceptors (Lipinski definition) is 2. The van der Waals surface area contributed by atoms with Gasteiger partial charge in [0.1, 0.15) is 0 Å². The number of carbonyl (C=O) groups is 2. The van der Waals surface area contributed by atoms with Crippen molar-refractivity contribution in [3.63, 3.8) is 0 Å². The molecule has 0 saturated carbocycles. The Labute approximate surface area is 131 Å². The Morgan fingerprint density at radius 2 is 1.86 bits per heavy atom. The van der Waals surface area contributed by atoms with E-state index < -0.39 is 11.4 Å². The fourth-order valence-corrected chi connectivity index (χ4v) is 2.90. The number of nitrogens with zero attached hydrogens (tertiary/aromatic N) is 1. The number of hydrogen-bond donors (Lipinski definition) is 2.